The van der Waals surface area contributed by atoms with Crippen molar-refractivity contribution in [1.29, 1.82) is 0 Å². The van der Waals surface area contributed by atoms with E-state index in [0.29, 0.717) is 0 Å². The van der Waals surface area contributed by atoms with E-state index in [4.69, 9.17) is 0 Å². The van der Waals surface area contributed by atoms with Crippen molar-refractivity contribution in [2.45, 2.75) is 0 Å². The normalized spacial score (nSPS) is 12.5. The minimum absolute atomic E-state index is 1.10. The second kappa shape index (κ2) is 16.4. The summed E-state index contributed by atoms with van der Waals surface area (Å²) in [5.74, 6) is 0. The Morgan fingerprint density at radius 1 is 0.179 bits per heavy atom. The Labute approximate surface area is 482 Å². The van der Waals surface area contributed by atoms with Crippen LogP contribution in [0.1, 0.15) is 0 Å². The van der Waals surface area contributed by atoms with Crippen molar-refractivity contribution in [3.05, 3.63) is 279 Å². The Hall–Kier alpha value is -10.9. The molecule has 0 amide bonds. The summed E-state index contributed by atoms with van der Waals surface area (Å²) in [6, 6.07) is 109. The Bertz CT molecular complexity index is 6210. The van der Waals surface area contributed by atoms with Gasteiger partial charge < -0.3 is 0 Å². The lowest BCUT2D eigenvalue weighted by molar-refractivity contribution is 1.65. The minimum atomic E-state index is 1.10. The van der Waals surface area contributed by atoms with Gasteiger partial charge in [0.05, 0.1) is 0 Å². The summed E-state index contributed by atoms with van der Waals surface area (Å²) in [6.45, 7) is 0. The van der Waals surface area contributed by atoms with E-state index in [-0.39, 0.29) is 0 Å². The summed E-state index contributed by atoms with van der Waals surface area (Å²) in [5, 5.41) is 37.6. The van der Waals surface area contributed by atoms with Gasteiger partial charge in [-0.25, -0.2) is 0 Å². The first kappa shape index (κ1) is 44.8. The first-order valence-corrected chi connectivity index (χ1v) is 29.4. The van der Waals surface area contributed by atoms with Crippen LogP contribution in [0, 0.1) is 6.07 Å². The highest BCUT2D eigenvalue weighted by atomic mass is 14.3. The van der Waals surface area contributed by atoms with Crippen LogP contribution in [0.4, 0.5) is 0 Å². The fourth-order valence-electron chi connectivity index (χ4n) is 15.9. The maximum atomic E-state index is 4.32. The van der Waals surface area contributed by atoms with Crippen LogP contribution in [0.25, 0.3) is 206 Å². The highest BCUT2D eigenvalue weighted by Gasteiger charge is 2.29. The summed E-state index contributed by atoms with van der Waals surface area (Å²) in [6.07, 6.45) is 0. The van der Waals surface area contributed by atoms with Crippen molar-refractivity contribution in [3.63, 3.8) is 0 Å². The van der Waals surface area contributed by atoms with Gasteiger partial charge in [-0.05, 0) is 236 Å². The molecule has 0 atom stereocenters. The number of benzene rings is 20. The SMILES string of the molecule is [c]1c(-c2cc3ccc4cccc5ccc(c2)c3c45)c(-c2cc3cccc4ccc5cccc2c5c43)c2c(-c3cccc4c3ccc3c5ccccc5ccc43)c(-c3ccc4c(ccc5c6ccccc6ccc45)c3)c3cccc4ccc1c2c43. The van der Waals surface area contributed by atoms with E-state index in [0.717, 1.165) is 16.5 Å². The Morgan fingerprint density at radius 2 is 0.583 bits per heavy atom. The largest absolute Gasteiger partial charge is 0.0616 e. The standard InChI is InChI=1S/C84H45/c1-3-18-61-47(10-1)32-37-66-63-36-35-58(42-54(63)34-39-65(61)66)80-72-23-8-16-53-28-31-59-45-73(60-43-56-29-26-49-12-5-13-50-27-30-57(44-60)77(56)75(49)50)82(74-46-55-17-6-14-51-24-25-52-15-7-21-71(74)78(52)76(51)55)84(81(59)79(53)72)83(80)70-22-9-20-64-68-38-33-48-11-2-4-19-62(48)67(68)40-41-69(64)70/h1-44,46H. The van der Waals surface area contributed by atoms with Crippen molar-refractivity contribution in [1.82, 2.24) is 0 Å². The van der Waals surface area contributed by atoms with Crippen LogP contribution in [0.3, 0.4) is 0 Å². The van der Waals surface area contributed by atoms with Gasteiger partial charge in [-0.15, -0.1) is 0 Å². The highest BCUT2D eigenvalue weighted by Crippen LogP contribution is 2.56. The maximum absolute atomic E-state index is 4.32. The third-order valence-electron chi connectivity index (χ3n) is 19.4. The van der Waals surface area contributed by atoms with E-state index >= 15 is 0 Å². The maximum Gasteiger partial charge on any atom is -0.0000714 e. The number of fused-ring (bicyclic) bond motifs is 10. The lowest BCUT2D eigenvalue weighted by Gasteiger charge is -2.27. The van der Waals surface area contributed by atoms with Crippen molar-refractivity contribution >= 4 is 162 Å². The molecule has 0 fully saturated rings. The zero-order valence-corrected chi connectivity index (χ0v) is 45.5. The molecule has 0 aliphatic heterocycles. The molecular weight excluding hydrogens is 1010 g/mol. The third kappa shape index (κ3) is 5.96. The van der Waals surface area contributed by atoms with Gasteiger partial charge in [-0.1, -0.05) is 249 Å². The molecule has 20 rings (SSSR count). The quantitative estimate of drug-likeness (QED) is 0.154. The molecule has 20 aromatic carbocycles. The summed E-state index contributed by atoms with van der Waals surface area (Å²) in [4.78, 5) is 0. The van der Waals surface area contributed by atoms with E-state index in [2.05, 4.69) is 279 Å². The predicted molar refractivity (Wildman–Crippen MR) is 363 cm³/mol. The molecule has 0 saturated heterocycles. The fourth-order valence-corrected chi connectivity index (χ4v) is 15.9. The van der Waals surface area contributed by atoms with Gasteiger partial charge in [0, 0.05) is 0 Å². The van der Waals surface area contributed by atoms with E-state index in [1.165, 1.54) is 190 Å². The van der Waals surface area contributed by atoms with Crippen molar-refractivity contribution in [2.75, 3.05) is 0 Å². The van der Waals surface area contributed by atoms with Crippen LogP contribution < -0.4 is 0 Å². The summed E-state index contributed by atoms with van der Waals surface area (Å²) < 4.78 is 0. The van der Waals surface area contributed by atoms with Gasteiger partial charge in [0.15, 0.2) is 0 Å². The summed E-state index contributed by atoms with van der Waals surface area (Å²) in [7, 11) is 0. The van der Waals surface area contributed by atoms with Gasteiger partial charge in [0.2, 0.25) is 0 Å². The van der Waals surface area contributed by atoms with Gasteiger partial charge in [-0.3, -0.25) is 0 Å². The lowest BCUT2D eigenvalue weighted by atomic mass is 9.76. The molecule has 20 aromatic rings. The molecule has 381 valence electrons. The van der Waals surface area contributed by atoms with E-state index in [9.17, 15) is 0 Å². The Morgan fingerprint density at radius 3 is 1.27 bits per heavy atom. The average Bonchev–Trinajstić information content (AvgIpc) is 0.957. The second-order valence-electron chi connectivity index (χ2n) is 23.6. The van der Waals surface area contributed by atoms with Crippen molar-refractivity contribution < 1.29 is 0 Å². The van der Waals surface area contributed by atoms with Crippen molar-refractivity contribution in [2.24, 2.45) is 0 Å². The molecule has 0 bridgehead atoms. The second-order valence-corrected chi connectivity index (χ2v) is 23.6. The van der Waals surface area contributed by atoms with Gasteiger partial charge >= 0.3 is 0 Å². The topological polar surface area (TPSA) is 0 Å². The van der Waals surface area contributed by atoms with Crippen LogP contribution in [0.5, 0.6) is 0 Å². The van der Waals surface area contributed by atoms with E-state index < -0.39 is 0 Å². The van der Waals surface area contributed by atoms with Crippen LogP contribution in [-0.2, 0) is 0 Å². The molecule has 0 spiro atoms. The van der Waals surface area contributed by atoms with Crippen LogP contribution >= 0.6 is 0 Å². The molecule has 0 heterocycles. The fraction of sp³-hybridized carbons (Fsp3) is 0. The molecule has 1 radical (unpaired) electrons. The molecular formula is C84H45. The minimum Gasteiger partial charge on any atom is -0.0616 e. The molecule has 0 heteroatoms. The monoisotopic (exact) mass is 1050 g/mol. The average molecular weight is 1050 g/mol. The van der Waals surface area contributed by atoms with Crippen LogP contribution in [0.15, 0.2) is 273 Å². The highest BCUT2D eigenvalue weighted by molar-refractivity contribution is 6.38. The van der Waals surface area contributed by atoms with Gasteiger partial charge in [0.1, 0.15) is 0 Å². The molecule has 0 nitrogen and oxygen atoms in total. The van der Waals surface area contributed by atoms with Gasteiger partial charge in [0.25, 0.3) is 0 Å². The molecule has 84 heavy (non-hydrogen) atoms. The summed E-state index contributed by atoms with van der Waals surface area (Å²) >= 11 is 0. The number of rotatable bonds is 4. The zero-order chi connectivity index (χ0) is 54.5. The molecule has 0 aromatic heterocycles. The predicted octanol–water partition coefficient (Wildman–Crippen LogP) is 23.8. The number of hydrogen-bond donors (Lipinski definition) is 0. The summed E-state index contributed by atoms with van der Waals surface area (Å²) in [5.41, 5.74) is 9.53. The third-order valence-corrected chi connectivity index (χ3v) is 19.4. The van der Waals surface area contributed by atoms with E-state index in [1.54, 1.807) is 0 Å². The molecule has 0 aliphatic carbocycles. The van der Waals surface area contributed by atoms with Gasteiger partial charge in [-0.2, -0.15) is 0 Å². The molecule has 0 N–H and O–H groups in total. The Balaban J connectivity index is 1.02. The van der Waals surface area contributed by atoms with E-state index in [1.807, 2.05) is 0 Å². The van der Waals surface area contributed by atoms with Crippen molar-refractivity contribution in [3.8, 4) is 44.5 Å². The van der Waals surface area contributed by atoms with Crippen LogP contribution in [0.2, 0.25) is 0 Å². The first-order chi connectivity index (χ1) is 41.6. The smallest absolute Gasteiger partial charge is 0.0000714 e. The molecule has 0 aliphatic rings. The number of hydrogen-bond acceptors (Lipinski definition) is 0. The lowest BCUT2D eigenvalue weighted by Crippen LogP contribution is -1.99. The molecule has 0 saturated carbocycles. The Kier molecular flexibility index (Phi) is 8.74. The zero-order valence-electron chi connectivity index (χ0n) is 45.5. The van der Waals surface area contributed by atoms with Crippen LogP contribution in [-0.4, -0.2) is 0 Å². The molecule has 0 unspecified atom stereocenters. The first-order valence-electron chi connectivity index (χ1n) is 29.4.